The molecule has 0 radical (unpaired) electrons. The monoisotopic (exact) mass is 236 g/mol. The minimum absolute atomic E-state index is 0.0976. The van der Waals surface area contributed by atoms with Crippen LogP contribution in [0.25, 0.3) is 0 Å². The van der Waals surface area contributed by atoms with Gasteiger partial charge in [-0.1, -0.05) is 17.7 Å². The van der Waals surface area contributed by atoms with Gasteiger partial charge >= 0.3 is 5.97 Å². The first kappa shape index (κ1) is 13.2. The van der Waals surface area contributed by atoms with E-state index in [1.807, 2.05) is 19.1 Å². The molecule has 0 saturated carbocycles. The fourth-order valence-corrected chi connectivity index (χ4v) is 1.44. The van der Waals surface area contributed by atoms with Gasteiger partial charge in [0, 0.05) is 12.2 Å². The number of nitrogens with two attached hydrogens (primary N) is 1. The number of carbonyl (C=O) groups is 2. The van der Waals surface area contributed by atoms with Crippen molar-refractivity contribution in [1.29, 1.82) is 0 Å². The molecule has 0 atom stereocenters. The highest BCUT2D eigenvalue weighted by molar-refractivity contribution is 5.95. The van der Waals surface area contributed by atoms with Gasteiger partial charge in [0.05, 0.1) is 13.0 Å². The molecule has 0 fully saturated rings. The third kappa shape index (κ3) is 3.88. The lowest BCUT2D eigenvalue weighted by Gasteiger charge is -2.21. The first-order valence-corrected chi connectivity index (χ1v) is 5.33. The van der Waals surface area contributed by atoms with Gasteiger partial charge in [-0.2, -0.15) is 0 Å². The van der Waals surface area contributed by atoms with Crippen LogP contribution in [0, 0.1) is 6.92 Å². The summed E-state index contributed by atoms with van der Waals surface area (Å²) in [5.74, 6) is -1.22. The molecule has 1 aromatic carbocycles. The van der Waals surface area contributed by atoms with Crippen LogP contribution >= 0.6 is 0 Å². The molecule has 0 aliphatic heterocycles. The Morgan fingerprint density at radius 1 is 1.29 bits per heavy atom. The second kappa shape index (κ2) is 6.00. The molecule has 5 nitrogen and oxygen atoms in total. The molecule has 1 rings (SSSR count). The number of aliphatic carboxylic acids is 1. The molecule has 1 aromatic rings. The van der Waals surface area contributed by atoms with Crippen molar-refractivity contribution in [2.45, 2.75) is 13.3 Å². The molecule has 3 N–H and O–H groups in total. The maximum absolute atomic E-state index is 11.6. The fourth-order valence-electron chi connectivity index (χ4n) is 1.44. The maximum Gasteiger partial charge on any atom is 0.305 e. The van der Waals surface area contributed by atoms with E-state index in [2.05, 4.69) is 0 Å². The Labute approximate surface area is 99.8 Å². The lowest BCUT2D eigenvalue weighted by molar-refractivity contribution is -0.136. The second-order valence-electron chi connectivity index (χ2n) is 3.73. The third-order valence-corrected chi connectivity index (χ3v) is 2.37. The van der Waals surface area contributed by atoms with Crippen molar-refractivity contribution in [1.82, 2.24) is 0 Å². The van der Waals surface area contributed by atoms with Crippen molar-refractivity contribution < 1.29 is 14.7 Å². The molecule has 0 aliphatic carbocycles. The molecule has 5 heteroatoms. The molecule has 0 saturated heterocycles. The Kier molecular flexibility index (Phi) is 4.66. The van der Waals surface area contributed by atoms with E-state index in [1.165, 1.54) is 4.90 Å². The molecule has 0 unspecified atom stereocenters. The number of hydrogen-bond donors (Lipinski definition) is 2. The molecular formula is C12H16N2O3. The van der Waals surface area contributed by atoms with Gasteiger partial charge in [-0.25, -0.2) is 0 Å². The van der Waals surface area contributed by atoms with Crippen LogP contribution < -0.4 is 10.6 Å². The lowest BCUT2D eigenvalue weighted by Crippen LogP contribution is -2.37. The number of rotatable bonds is 5. The van der Waals surface area contributed by atoms with Crippen molar-refractivity contribution in [3.63, 3.8) is 0 Å². The SMILES string of the molecule is Cc1ccc(N(CCC(=O)O)C(=O)CN)cc1. The minimum atomic E-state index is -0.938. The van der Waals surface area contributed by atoms with Crippen molar-refractivity contribution >= 4 is 17.6 Å². The van der Waals surface area contributed by atoms with Gasteiger partial charge in [-0.3, -0.25) is 9.59 Å². The topological polar surface area (TPSA) is 83.6 Å². The smallest absolute Gasteiger partial charge is 0.305 e. The van der Waals surface area contributed by atoms with E-state index in [0.717, 1.165) is 5.56 Å². The largest absolute Gasteiger partial charge is 0.481 e. The van der Waals surface area contributed by atoms with Crippen molar-refractivity contribution in [2.24, 2.45) is 5.73 Å². The Morgan fingerprint density at radius 2 is 1.88 bits per heavy atom. The molecule has 0 heterocycles. The standard InChI is InChI=1S/C12H16N2O3/c1-9-2-4-10(5-3-9)14(11(15)8-13)7-6-12(16)17/h2-5H,6-8,13H2,1H3,(H,16,17). The fraction of sp³-hybridized carbons (Fsp3) is 0.333. The van der Waals surface area contributed by atoms with Gasteiger partial charge in [-0.05, 0) is 19.1 Å². The number of aryl methyl sites for hydroxylation is 1. The number of hydrogen-bond acceptors (Lipinski definition) is 3. The summed E-state index contributed by atoms with van der Waals surface area (Å²) in [5, 5.41) is 8.64. The molecule has 0 aromatic heterocycles. The van der Waals surface area contributed by atoms with Crippen LogP contribution in [0.3, 0.4) is 0 Å². The number of nitrogens with zero attached hydrogens (tertiary/aromatic N) is 1. The predicted molar refractivity (Wildman–Crippen MR) is 64.8 cm³/mol. The van der Waals surface area contributed by atoms with Gasteiger partial charge in [0.2, 0.25) is 5.91 Å². The van der Waals surface area contributed by atoms with Gasteiger partial charge in [0.25, 0.3) is 0 Å². The Morgan fingerprint density at radius 3 is 2.35 bits per heavy atom. The zero-order valence-electron chi connectivity index (χ0n) is 9.72. The first-order valence-electron chi connectivity index (χ1n) is 5.33. The molecule has 92 valence electrons. The highest BCUT2D eigenvalue weighted by Gasteiger charge is 2.15. The second-order valence-corrected chi connectivity index (χ2v) is 3.73. The van der Waals surface area contributed by atoms with Crippen LogP contribution in [0.4, 0.5) is 5.69 Å². The summed E-state index contributed by atoms with van der Waals surface area (Å²) in [6.45, 7) is 1.94. The van der Waals surface area contributed by atoms with Crippen LogP contribution in [-0.4, -0.2) is 30.1 Å². The first-order chi connectivity index (χ1) is 8.04. The zero-order valence-corrected chi connectivity index (χ0v) is 9.72. The predicted octanol–water partition coefficient (Wildman–Crippen LogP) is 0.761. The van der Waals surface area contributed by atoms with Gasteiger partial charge in [0.15, 0.2) is 0 Å². The summed E-state index contributed by atoms with van der Waals surface area (Å²) in [4.78, 5) is 23.5. The average molecular weight is 236 g/mol. The van der Waals surface area contributed by atoms with Crippen molar-refractivity contribution in [2.75, 3.05) is 18.0 Å². The Bertz CT molecular complexity index is 401. The summed E-state index contributed by atoms with van der Waals surface area (Å²) in [6.07, 6.45) is -0.0976. The van der Waals surface area contributed by atoms with Crippen LogP contribution in [0.1, 0.15) is 12.0 Å². The summed E-state index contributed by atoms with van der Waals surface area (Å²) in [7, 11) is 0. The third-order valence-electron chi connectivity index (χ3n) is 2.37. The van der Waals surface area contributed by atoms with Gasteiger partial charge < -0.3 is 15.7 Å². The molecule has 17 heavy (non-hydrogen) atoms. The van der Waals surface area contributed by atoms with Gasteiger partial charge in [0.1, 0.15) is 0 Å². The minimum Gasteiger partial charge on any atom is -0.481 e. The Hall–Kier alpha value is -1.88. The molecule has 0 spiro atoms. The van der Waals surface area contributed by atoms with Crippen molar-refractivity contribution in [3.8, 4) is 0 Å². The van der Waals surface area contributed by atoms with E-state index in [4.69, 9.17) is 10.8 Å². The molecular weight excluding hydrogens is 220 g/mol. The van der Waals surface area contributed by atoms with E-state index in [0.29, 0.717) is 5.69 Å². The number of anilines is 1. The number of amides is 1. The van der Waals surface area contributed by atoms with E-state index in [1.54, 1.807) is 12.1 Å². The summed E-state index contributed by atoms with van der Waals surface area (Å²) in [5.41, 5.74) is 7.06. The van der Waals surface area contributed by atoms with E-state index < -0.39 is 5.97 Å². The zero-order chi connectivity index (χ0) is 12.8. The number of carbonyl (C=O) groups excluding carboxylic acids is 1. The molecule has 0 bridgehead atoms. The summed E-state index contributed by atoms with van der Waals surface area (Å²) < 4.78 is 0. The number of carboxylic acid groups (broad SMARTS) is 1. The highest BCUT2D eigenvalue weighted by atomic mass is 16.4. The number of carboxylic acids is 1. The van der Waals surface area contributed by atoms with E-state index in [-0.39, 0.29) is 25.4 Å². The lowest BCUT2D eigenvalue weighted by atomic mass is 10.2. The summed E-state index contributed by atoms with van der Waals surface area (Å²) in [6, 6.07) is 7.30. The van der Waals surface area contributed by atoms with Crippen LogP contribution in [0.2, 0.25) is 0 Å². The van der Waals surface area contributed by atoms with Crippen molar-refractivity contribution in [3.05, 3.63) is 29.8 Å². The van der Waals surface area contributed by atoms with Crippen LogP contribution in [-0.2, 0) is 9.59 Å². The normalized spacial score (nSPS) is 10.0. The average Bonchev–Trinajstić information content (AvgIpc) is 2.30. The quantitative estimate of drug-likeness (QED) is 0.790. The van der Waals surface area contributed by atoms with Crippen LogP contribution in [0.15, 0.2) is 24.3 Å². The van der Waals surface area contributed by atoms with Crippen LogP contribution in [0.5, 0.6) is 0 Å². The molecule has 1 amide bonds. The van der Waals surface area contributed by atoms with E-state index in [9.17, 15) is 9.59 Å². The van der Waals surface area contributed by atoms with E-state index >= 15 is 0 Å². The van der Waals surface area contributed by atoms with Gasteiger partial charge in [-0.15, -0.1) is 0 Å². The molecule has 0 aliphatic rings. The highest BCUT2D eigenvalue weighted by Crippen LogP contribution is 2.15. The maximum atomic E-state index is 11.6. The number of benzene rings is 1. The summed E-state index contributed by atoms with van der Waals surface area (Å²) >= 11 is 0. The Balaban J connectivity index is 2.85.